The van der Waals surface area contributed by atoms with Gasteiger partial charge in [-0.05, 0) is 51.4 Å². The van der Waals surface area contributed by atoms with Crippen molar-refractivity contribution in [3.05, 3.63) is 164 Å². The van der Waals surface area contributed by atoms with E-state index >= 15 is 0 Å². The number of rotatable bonds is 4. The molecule has 8 aromatic rings. The topological polar surface area (TPSA) is 0 Å². The molecule has 66 heavy (non-hydrogen) atoms. The Morgan fingerprint density at radius 2 is 0.470 bits per heavy atom. The van der Waals surface area contributed by atoms with Crippen LogP contribution in [0.15, 0.2) is 97.1 Å². The van der Waals surface area contributed by atoms with E-state index in [-0.39, 0.29) is 35.7 Å². The summed E-state index contributed by atoms with van der Waals surface area (Å²) in [6.45, 7) is 44.7. The molecular weight excluding hydrogens is 1030 g/mol. The first-order valence-corrected chi connectivity index (χ1v) is 35.9. The summed E-state index contributed by atoms with van der Waals surface area (Å²) >= 11 is 3.48. The van der Waals surface area contributed by atoms with E-state index in [1.165, 1.54) is 110 Å². The standard InChI is InChI=1S/4C14H17.2C2H6Si.2ClH.2Zr/c4*1-9(2)13-7-10(3)5-12-6-11(4)8-14(12)13;2*1-3-2;;;;/h4*5-9H,1-4H3;2*1-2H3;2*1H;;/q4*-1;;;;;2*+2/p-2. The molecule has 0 aromatic heterocycles. The maximum atomic E-state index is 2.31. The summed E-state index contributed by atoms with van der Waals surface area (Å²) in [6, 6.07) is 36.6. The van der Waals surface area contributed by atoms with Crippen LogP contribution < -0.4 is 24.8 Å². The van der Waals surface area contributed by atoms with Crippen LogP contribution in [0.1, 0.15) is 146 Å². The van der Waals surface area contributed by atoms with Crippen molar-refractivity contribution < 1.29 is 71.5 Å². The Bertz CT molecular complexity index is 2420. The van der Waals surface area contributed by atoms with Gasteiger partial charge in [0.2, 0.25) is 0 Å². The van der Waals surface area contributed by atoms with Gasteiger partial charge in [-0.25, -0.2) is 0 Å². The molecule has 0 N–H and O–H groups in total. The van der Waals surface area contributed by atoms with Gasteiger partial charge in [-0.15, -0.1) is 114 Å². The van der Waals surface area contributed by atoms with E-state index in [0.717, 1.165) is 0 Å². The van der Waals surface area contributed by atoms with Crippen LogP contribution in [0.5, 0.6) is 0 Å². The zero-order valence-electron chi connectivity index (χ0n) is 44.3. The number of hydrogen-bond donors (Lipinski definition) is 0. The third-order valence-electron chi connectivity index (χ3n) is 11.1. The Kier molecular flexibility index (Phi) is 27.0. The molecule has 0 saturated heterocycles. The minimum Gasteiger partial charge on any atom is -1.00 e. The summed E-state index contributed by atoms with van der Waals surface area (Å²) in [6.07, 6.45) is 0. The first-order chi connectivity index (χ1) is 29.8. The average molecular weight is 1110 g/mol. The van der Waals surface area contributed by atoms with E-state index in [2.05, 4.69) is 234 Å². The zero-order chi connectivity index (χ0) is 48.3. The smallest absolute Gasteiger partial charge is 0.0308 e. The van der Waals surface area contributed by atoms with Gasteiger partial charge in [0.15, 0.2) is 0 Å². The first-order valence-electron chi connectivity index (χ1n) is 23.5. The second-order valence-corrected chi connectivity index (χ2v) is 38.9. The molecule has 0 spiro atoms. The number of benzene rings is 4. The van der Waals surface area contributed by atoms with Crippen LogP contribution in [-0.2, 0) is 46.7 Å². The fourth-order valence-corrected chi connectivity index (χ4v) is 8.53. The normalized spacial score (nSPS) is 10.6. The average Bonchev–Trinajstić information content (AvgIpc) is 3.93. The summed E-state index contributed by atoms with van der Waals surface area (Å²) in [5, 5.41) is 11.3. The molecule has 0 aliphatic rings. The molecule has 0 atom stereocenters. The summed E-state index contributed by atoms with van der Waals surface area (Å²) in [7, 11) is 0. The summed E-state index contributed by atoms with van der Waals surface area (Å²) in [4.78, 5) is 0. The molecule has 0 fully saturated rings. The Balaban J connectivity index is 0.000000413. The number of fused-ring (bicyclic) bond motifs is 4. The van der Waals surface area contributed by atoms with E-state index in [9.17, 15) is 0 Å². The van der Waals surface area contributed by atoms with Crippen LogP contribution in [0.4, 0.5) is 0 Å². The van der Waals surface area contributed by atoms with E-state index in [1.807, 2.05) is 0 Å². The van der Waals surface area contributed by atoms with E-state index < -0.39 is 0 Å². The SMILES string of the molecule is C[Si](C)=[Zr+2].C[Si](C)=[Zr+2].Cc1cc(C(C)C)c2cc(C)[cH-]c2c1.Cc1cc(C(C)C)c2cc(C)[cH-]c2c1.Cc1cc(C(C)C)c2cc(C)[cH-]c2c1.Cc1cc(C(C)C)c2cc(C)[cH-]c2c1.[Cl-].[Cl-]. The van der Waals surface area contributed by atoms with Gasteiger partial charge in [0.1, 0.15) is 0 Å². The molecule has 0 bridgehead atoms. The van der Waals surface area contributed by atoms with Crippen molar-refractivity contribution in [1.29, 1.82) is 0 Å². The van der Waals surface area contributed by atoms with Crippen LogP contribution in [0.2, 0.25) is 26.2 Å². The first kappa shape index (κ1) is 62.1. The van der Waals surface area contributed by atoms with Crippen LogP contribution in [0.25, 0.3) is 43.1 Å². The molecule has 8 aromatic carbocycles. The molecule has 0 aliphatic heterocycles. The van der Waals surface area contributed by atoms with E-state index in [1.54, 1.807) is 46.7 Å². The van der Waals surface area contributed by atoms with Crippen molar-refractivity contribution in [2.45, 2.75) is 161 Å². The minimum absolute atomic E-state index is 0. The number of hydrogen-bond acceptors (Lipinski definition) is 0. The van der Waals surface area contributed by atoms with Gasteiger partial charge in [0, 0.05) is 0 Å². The second-order valence-electron chi connectivity index (χ2n) is 20.2. The monoisotopic (exact) mass is 1110 g/mol. The van der Waals surface area contributed by atoms with Crippen molar-refractivity contribution >= 4 is 54.0 Å². The molecule has 0 unspecified atom stereocenters. The van der Waals surface area contributed by atoms with Crippen LogP contribution >= 0.6 is 0 Å². The zero-order valence-corrected chi connectivity index (χ0v) is 52.7. The fourth-order valence-electron chi connectivity index (χ4n) is 8.53. The molecule has 0 radical (unpaired) electrons. The van der Waals surface area contributed by atoms with Gasteiger partial charge in [-0.2, -0.15) is 24.3 Å². The molecule has 6 heteroatoms. The molecule has 352 valence electrons. The van der Waals surface area contributed by atoms with Gasteiger partial charge in [0.05, 0.1) is 0 Å². The molecule has 0 aliphatic carbocycles. The fraction of sp³-hybridized carbons (Fsp3) is 0.400. The van der Waals surface area contributed by atoms with Crippen molar-refractivity contribution in [3.63, 3.8) is 0 Å². The summed E-state index contributed by atoms with van der Waals surface area (Å²) in [5.41, 5.74) is 17.3. The van der Waals surface area contributed by atoms with Crippen molar-refractivity contribution in [1.82, 2.24) is 0 Å². The summed E-state index contributed by atoms with van der Waals surface area (Å²) < 4.78 is 0. The maximum absolute atomic E-state index is 2.31. The molecule has 0 amide bonds. The third kappa shape index (κ3) is 19.1. The van der Waals surface area contributed by atoms with Crippen molar-refractivity contribution in [2.75, 3.05) is 0 Å². The van der Waals surface area contributed by atoms with Crippen LogP contribution in [0, 0.1) is 55.4 Å². The van der Waals surface area contributed by atoms with Crippen molar-refractivity contribution in [3.8, 4) is 0 Å². The third-order valence-corrected chi connectivity index (χ3v) is 11.1. The molecule has 8 rings (SSSR count). The molecule has 0 saturated carbocycles. The Morgan fingerprint density at radius 3 is 0.606 bits per heavy atom. The Labute approximate surface area is 445 Å². The largest absolute Gasteiger partial charge is 1.00 e. The quantitative estimate of drug-likeness (QED) is 0.122. The van der Waals surface area contributed by atoms with Gasteiger partial charge in [0.25, 0.3) is 0 Å². The molecule has 0 nitrogen and oxygen atoms in total. The van der Waals surface area contributed by atoms with E-state index in [4.69, 9.17) is 0 Å². The van der Waals surface area contributed by atoms with Crippen LogP contribution in [-0.4, -0.2) is 10.9 Å². The number of aryl methyl sites for hydroxylation is 8. The number of halogens is 2. The van der Waals surface area contributed by atoms with Gasteiger partial charge < -0.3 is 24.8 Å². The predicted molar refractivity (Wildman–Crippen MR) is 287 cm³/mol. The van der Waals surface area contributed by atoms with Crippen molar-refractivity contribution in [2.24, 2.45) is 0 Å². The van der Waals surface area contributed by atoms with Gasteiger partial charge >= 0.3 is 83.7 Å². The maximum Gasteiger partial charge on any atom is -0.0308 e. The van der Waals surface area contributed by atoms with Gasteiger partial charge in [-0.1, -0.05) is 152 Å². The molecular formula is C60H80Cl2Si2Zr2-2. The Hall–Kier alpha value is -1.90. The summed E-state index contributed by atoms with van der Waals surface area (Å²) in [5.74, 6) is 2.44. The Morgan fingerprint density at radius 1 is 0.318 bits per heavy atom. The second kappa shape index (κ2) is 28.7. The molecule has 0 heterocycles. The minimum atomic E-state index is 0. The van der Waals surface area contributed by atoms with Gasteiger partial charge in [-0.3, -0.25) is 0 Å². The predicted octanol–water partition coefficient (Wildman–Crippen LogP) is 12.8. The van der Waals surface area contributed by atoms with E-state index in [0.29, 0.717) is 23.7 Å². The van der Waals surface area contributed by atoms with Crippen LogP contribution in [0.3, 0.4) is 0 Å².